The van der Waals surface area contributed by atoms with Crippen molar-refractivity contribution in [3.05, 3.63) is 107 Å². The number of nitrogens with zero attached hydrogens (tertiary/aromatic N) is 4. The Hall–Kier alpha value is -3.57. The van der Waals surface area contributed by atoms with Gasteiger partial charge in [0.25, 0.3) is 5.91 Å². The maximum Gasteiger partial charge on any atom is 0.266 e. The van der Waals surface area contributed by atoms with E-state index in [2.05, 4.69) is 0 Å². The van der Waals surface area contributed by atoms with Crippen LogP contribution < -0.4 is 0 Å². The number of amides is 1. The molecule has 7 nitrogen and oxygen atoms in total. The summed E-state index contributed by atoms with van der Waals surface area (Å²) in [4.78, 5) is 15.9. The van der Waals surface area contributed by atoms with Crippen molar-refractivity contribution < 1.29 is 13.2 Å². The van der Waals surface area contributed by atoms with E-state index in [0.717, 1.165) is 29.7 Å². The van der Waals surface area contributed by atoms with E-state index in [-0.39, 0.29) is 10.8 Å². The van der Waals surface area contributed by atoms with Crippen molar-refractivity contribution in [3.63, 3.8) is 0 Å². The number of thioether (sulfide) groups is 1. The minimum Gasteiger partial charge on any atom is -0.288 e. The number of carbonyl (C=O) groups excluding carboxylic acids is 1. The van der Waals surface area contributed by atoms with E-state index in [4.69, 9.17) is 17.3 Å². The zero-order chi connectivity index (χ0) is 30.6. The average molecular weight is 631 g/mol. The first-order chi connectivity index (χ1) is 20.7. The third-order valence-electron chi connectivity index (χ3n) is 7.08. The second-order valence-corrected chi connectivity index (χ2v) is 14.0. The molecule has 0 unspecified atom stereocenters. The smallest absolute Gasteiger partial charge is 0.266 e. The molecule has 10 heteroatoms. The predicted molar refractivity (Wildman–Crippen MR) is 178 cm³/mol. The Morgan fingerprint density at radius 1 is 0.953 bits per heavy atom. The van der Waals surface area contributed by atoms with Gasteiger partial charge in [-0.25, -0.2) is 13.1 Å². The highest BCUT2D eigenvalue weighted by molar-refractivity contribution is 8.26. The molecule has 0 N–H and O–H groups in total. The summed E-state index contributed by atoms with van der Waals surface area (Å²) in [5, 5.41) is 4.87. The molecule has 0 radical (unpaired) electrons. The zero-order valence-electron chi connectivity index (χ0n) is 24.4. The Labute approximate surface area is 263 Å². The molecule has 1 fully saturated rings. The number of thiocarbonyl (C=S) groups is 1. The molecule has 0 atom stereocenters. The van der Waals surface area contributed by atoms with Gasteiger partial charge in [0.2, 0.25) is 10.0 Å². The van der Waals surface area contributed by atoms with Gasteiger partial charge >= 0.3 is 0 Å². The molecule has 1 saturated heterocycles. The summed E-state index contributed by atoms with van der Waals surface area (Å²) in [7, 11) is -3.69. The third-order valence-corrected chi connectivity index (χ3v) is 10.3. The molecule has 0 aliphatic carbocycles. The van der Waals surface area contributed by atoms with Gasteiger partial charge in [0, 0.05) is 30.4 Å². The number of para-hydroxylation sites is 1. The molecule has 1 amide bonds. The summed E-state index contributed by atoms with van der Waals surface area (Å²) in [5.41, 5.74) is 4.90. The van der Waals surface area contributed by atoms with Crippen LogP contribution >= 0.6 is 24.0 Å². The van der Waals surface area contributed by atoms with Crippen LogP contribution in [0.25, 0.3) is 23.0 Å². The van der Waals surface area contributed by atoms with Gasteiger partial charge in [0.05, 0.1) is 22.0 Å². The summed E-state index contributed by atoms with van der Waals surface area (Å²) < 4.78 is 31.0. The minimum absolute atomic E-state index is 0.167. The van der Waals surface area contributed by atoms with Crippen LogP contribution in [0.5, 0.6) is 0 Å². The molecule has 43 heavy (non-hydrogen) atoms. The lowest BCUT2D eigenvalue weighted by Gasteiger charge is -2.21. The highest BCUT2D eigenvalue weighted by Gasteiger charge is 2.32. The first-order valence-corrected chi connectivity index (χ1v) is 16.9. The SMILES string of the molecule is CCCN(CCC)S(=O)(=O)c1cccc(-c2nn(-c3ccccc3)cc2C=C2SC(=S)N(Cc3ccc(C)cc3)C2=O)c1. The standard InChI is InChI=1S/C33H34N4O3S3/c1-4-18-35(19-5-2)43(39,40)29-13-9-10-26(20-29)31-27(23-37(34-31)28-11-7-6-8-12-28)21-30-32(38)36(33(41)42-30)22-25-16-14-24(3)15-17-25/h6-17,20-21,23H,4-5,18-19,22H2,1-3H3. The molecule has 2 heterocycles. The van der Waals surface area contributed by atoms with Crippen LogP contribution in [0, 0.1) is 6.92 Å². The molecular formula is C33H34N4O3S3. The Morgan fingerprint density at radius 2 is 1.65 bits per heavy atom. The van der Waals surface area contributed by atoms with Crippen molar-refractivity contribution in [3.8, 4) is 16.9 Å². The Morgan fingerprint density at radius 3 is 2.33 bits per heavy atom. The second-order valence-electron chi connectivity index (χ2n) is 10.4. The van der Waals surface area contributed by atoms with Crippen LogP contribution in [-0.4, -0.2) is 50.7 Å². The van der Waals surface area contributed by atoms with Gasteiger partial charge in [-0.2, -0.15) is 9.40 Å². The summed E-state index contributed by atoms with van der Waals surface area (Å²) in [6, 6.07) is 24.6. The van der Waals surface area contributed by atoms with Gasteiger partial charge in [-0.3, -0.25) is 9.69 Å². The van der Waals surface area contributed by atoms with E-state index >= 15 is 0 Å². The van der Waals surface area contributed by atoms with E-state index in [9.17, 15) is 13.2 Å². The molecule has 1 aliphatic heterocycles. The number of rotatable bonds is 11. The van der Waals surface area contributed by atoms with Crippen molar-refractivity contribution in [2.45, 2.75) is 45.1 Å². The van der Waals surface area contributed by atoms with E-state index < -0.39 is 10.0 Å². The Balaban J connectivity index is 1.54. The molecular weight excluding hydrogens is 597 g/mol. The van der Waals surface area contributed by atoms with Crippen molar-refractivity contribution in [1.29, 1.82) is 0 Å². The molecule has 0 bridgehead atoms. The topological polar surface area (TPSA) is 75.5 Å². The Kier molecular flexibility index (Phi) is 9.61. The molecule has 0 saturated carbocycles. The molecule has 3 aromatic carbocycles. The predicted octanol–water partition coefficient (Wildman–Crippen LogP) is 7.06. The average Bonchev–Trinajstić information content (AvgIpc) is 3.55. The van der Waals surface area contributed by atoms with Gasteiger partial charge in [0.1, 0.15) is 10.0 Å². The van der Waals surface area contributed by atoms with Gasteiger partial charge in [-0.15, -0.1) is 0 Å². The highest BCUT2D eigenvalue weighted by Crippen LogP contribution is 2.36. The highest BCUT2D eigenvalue weighted by atomic mass is 32.2. The quantitative estimate of drug-likeness (QED) is 0.131. The summed E-state index contributed by atoms with van der Waals surface area (Å²) in [6.45, 7) is 7.28. The fraction of sp³-hybridized carbons (Fsp3) is 0.242. The normalized spacial score (nSPS) is 14.8. The van der Waals surface area contributed by atoms with Crippen LogP contribution in [-0.2, 0) is 21.4 Å². The number of carbonyl (C=O) groups is 1. The van der Waals surface area contributed by atoms with E-state index in [1.54, 1.807) is 33.9 Å². The number of sulfonamides is 1. The van der Waals surface area contributed by atoms with Gasteiger partial charge in [0.15, 0.2) is 0 Å². The van der Waals surface area contributed by atoms with Crippen molar-refractivity contribution >= 4 is 50.3 Å². The fourth-order valence-corrected chi connectivity index (χ4v) is 7.80. The molecule has 4 aromatic rings. The van der Waals surface area contributed by atoms with Crippen LogP contribution in [0.2, 0.25) is 0 Å². The maximum atomic E-state index is 13.6. The number of hydrogen-bond acceptors (Lipinski definition) is 6. The van der Waals surface area contributed by atoms with Crippen LogP contribution in [0.4, 0.5) is 0 Å². The monoisotopic (exact) mass is 630 g/mol. The van der Waals surface area contributed by atoms with Crippen molar-refractivity contribution in [2.75, 3.05) is 13.1 Å². The molecule has 1 aliphatic rings. The summed E-state index contributed by atoms with van der Waals surface area (Å²) >= 11 is 6.86. The summed E-state index contributed by atoms with van der Waals surface area (Å²) in [6.07, 6.45) is 5.12. The van der Waals surface area contributed by atoms with Crippen LogP contribution in [0.3, 0.4) is 0 Å². The number of benzene rings is 3. The molecule has 222 valence electrons. The lowest BCUT2D eigenvalue weighted by molar-refractivity contribution is -0.122. The third kappa shape index (κ3) is 6.83. The number of aromatic nitrogens is 2. The van der Waals surface area contributed by atoms with Gasteiger partial charge < -0.3 is 0 Å². The first kappa shape index (κ1) is 30.9. The van der Waals surface area contributed by atoms with Crippen molar-refractivity contribution in [1.82, 2.24) is 19.0 Å². The number of hydrogen-bond donors (Lipinski definition) is 0. The molecule has 0 spiro atoms. The van der Waals surface area contributed by atoms with Crippen LogP contribution in [0.15, 0.2) is 94.9 Å². The zero-order valence-corrected chi connectivity index (χ0v) is 26.9. The molecule has 1 aromatic heterocycles. The van der Waals surface area contributed by atoms with Gasteiger partial charge in [-0.1, -0.05) is 98.0 Å². The minimum atomic E-state index is -3.69. The number of aryl methyl sites for hydroxylation is 1. The fourth-order valence-electron chi connectivity index (χ4n) is 4.89. The first-order valence-electron chi connectivity index (χ1n) is 14.3. The van der Waals surface area contributed by atoms with E-state index in [1.165, 1.54) is 16.1 Å². The van der Waals surface area contributed by atoms with Crippen LogP contribution in [0.1, 0.15) is 43.4 Å². The van der Waals surface area contributed by atoms with E-state index in [1.807, 2.05) is 87.6 Å². The van der Waals surface area contributed by atoms with Crippen molar-refractivity contribution in [2.24, 2.45) is 0 Å². The van der Waals surface area contributed by atoms with Gasteiger partial charge in [-0.05, 0) is 55.7 Å². The largest absolute Gasteiger partial charge is 0.288 e. The lowest BCUT2D eigenvalue weighted by atomic mass is 10.1. The lowest BCUT2D eigenvalue weighted by Crippen LogP contribution is -2.32. The second kappa shape index (κ2) is 13.4. The maximum absolute atomic E-state index is 13.6. The summed E-state index contributed by atoms with van der Waals surface area (Å²) in [5.74, 6) is -0.167. The van der Waals surface area contributed by atoms with E-state index in [0.29, 0.717) is 45.7 Å². The Bertz CT molecular complexity index is 1760. The molecule has 5 rings (SSSR count).